The molecule has 0 radical (unpaired) electrons. The van der Waals surface area contributed by atoms with Crippen LogP contribution in [0.3, 0.4) is 0 Å². The van der Waals surface area contributed by atoms with Gasteiger partial charge in [-0.2, -0.15) is 0 Å². The number of pyridine rings is 1. The second kappa shape index (κ2) is 8.40. The van der Waals surface area contributed by atoms with E-state index in [1.165, 1.54) is 25.7 Å². The maximum Gasteiger partial charge on any atom is 0.255 e. The van der Waals surface area contributed by atoms with Crippen molar-refractivity contribution < 1.29 is 9.53 Å². The Labute approximate surface area is 168 Å². The van der Waals surface area contributed by atoms with Gasteiger partial charge in [0.05, 0.1) is 5.56 Å². The number of carbonyl (C=O) groups excluding carboxylic acids is 1. The van der Waals surface area contributed by atoms with Crippen molar-refractivity contribution >= 4 is 21.8 Å². The van der Waals surface area contributed by atoms with Gasteiger partial charge in [0.15, 0.2) is 0 Å². The molecule has 6 heteroatoms. The summed E-state index contributed by atoms with van der Waals surface area (Å²) < 4.78 is 6.72. The van der Waals surface area contributed by atoms with Crippen molar-refractivity contribution in [1.82, 2.24) is 14.8 Å². The fourth-order valence-corrected chi connectivity index (χ4v) is 4.20. The fraction of sp³-hybridized carbons (Fsp3) is 0.429. The van der Waals surface area contributed by atoms with Gasteiger partial charge in [0.25, 0.3) is 5.91 Å². The highest BCUT2D eigenvalue weighted by molar-refractivity contribution is 9.10. The van der Waals surface area contributed by atoms with E-state index in [1.807, 2.05) is 29.2 Å². The van der Waals surface area contributed by atoms with Crippen molar-refractivity contribution in [2.75, 3.05) is 26.2 Å². The normalized spacial score (nSPS) is 18.6. The standard InChI is InChI=1S/C21H24BrN3O2/c22-17-6-8-19(9-7-17)27-20-10-5-16(15-23-20)21(26)25-13-11-24(12-14-25)18-3-1-2-4-18/h5-10,15,18H,1-4,11-14H2. The number of carbonyl (C=O) groups is 1. The zero-order valence-electron chi connectivity index (χ0n) is 15.3. The largest absolute Gasteiger partial charge is 0.439 e. The molecule has 0 bridgehead atoms. The van der Waals surface area contributed by atoms with Crippen molar-refractivity contribution in [3.05, 3.63) is 52.6 Å². The maximum absolute atomic E-state index is 12.8. The highest BCUT2D eigenvalue weighted by Gasteiger charge is 2.28. The molecular formula is C21H24BrN3O2. The van der Waals surface area contributed by atoms with Gasteiger partial charge >= 0.3 is 0 Å². The summed E-state index contributed by atoms with van der Waals surface area (Å²) in [7, 11) is 0. The van der Waals surface area contributed by atoms with Crippen LogP contribution < -0.4 is 4.74 Å². The van der Waals surface area contributed by atoms with Crippen LogP contribution in [-0.4, -0.2) is 52.9 Å². The summed E-state index contributed by atoms with van der Waals surface area (Å²) in [6, 6.07) is 11.9. The van der Waals surface area contributed by atoms with Gasteiger partial charge in [-0.1, -0.05) is 28.8 Å². The molecule has 0 atom stereocenters. The summed E-state index contributed by atoms with van der Waals surface area (Å²) in [5.74, 6) is 1.26. The Kier molecular flexibility index (Phi) is 5.74. The Bertz CT molecular complexity index is 765. The van der Waals surface area contributed by atoms with Gasteiger partial charge < -0.3 is 9.64 Å². The van der Waals surface area contributed by atoms with E-state index in [2.05, 4.69) is 25.8 Å². The first-order valence-electron chi connectivity index (χ1n) is 9.62. The number of aromatic nitrogens is 1. The number of hydrogen-bond acceptors (Lipinski definition) is 4. The summed E-state index contributed by atoms with van der Waals surface area (Å²) in [5.41, 5.74) is 0.618. The fourth-order valence-electron chi connectivity index (χ4n) is 3.93. The van der Waals surface area contributed by atoms with Crippen molar-refractivity contribution in [1.29, 1.82) is 0 Å². The first-order valence-corrected chi connectivity index (χ1v) is 10.4. The van der Waals surface area contributed by atoms with Gasteiger partial charge in [-0.05, 0) is 43.2 Å². The molecule has 1 aliphatic carbocycles. The Morgan fingerprint density at radius 2 is 1.70 bits per heavy atom. The lowest BCUT2D eigenvalue weighted by Crippen LogP contribution is -2.51. The Balaban J connectivity index is 1.33. The summed E-state index contributed by atoms with van der Waals surface area (Å²) >= 11 is 3.40. The molecule has 1 aromatic heterocycles. The minimum Gasteiger partial charge on any atom is -0.439 e. The van der Waals surface area contributed by atoms with Crippen molar-refractivity contribution in [3.8, 4) is 11.6 Å². The van der Waals surface area contributed by atoms with E-state index in [4.69, 9.17) is 4.74 Å². The number of ether oxygens (including phenoxy) is 1. The van der Waals surface area contributed by atoms with Gasteiger partial charge in [0.1, 0.15) is 5.75 Å². The number of nitrogens with zero attached hydrogens (tertiary/aromatic N) is 3. The van der Waals surface area contributed by atoms with Crippen LogP contribution in [0.5, 0.6) is 11.6 Å². The molecule has 1 aliphatic heterocycles. The van der Waals surface area contributed by atoms with Crippen LogP contribution in [0, 0.1) is 0 Å². The third-order valence-corrected chi connectivity index (χ3v) is 5.99. The Hall–Kier alpha value is -1.92. The molecule has 142 valence electrons. The summed E-state index contributed by atoms with van der Waals surface area (Å²) in [4.78, 5) is 21.6. The van der Waals surface area contributed by atoms with Crippen LogP contribution in [0.4, 0.5) is 0 Å². The molecular weight excluding hydrogens is 406 g/mol. The van der Waals surface area contributed by atoms with Crippen LogP contribution >= 0.6 is 15.9 Å². The predicted molar refractivity (Wildman–Crippen MR) is 108 cm³/mol. The van der Waals surface area contributed by atoms with Crippen molar-refractivity contribution in [2.45, 2.75) is 31.7 Å². The average Bonchev–Trinajstić information content (AvgIpc) is 3.25. The molecule has 4 rings (SSSR count). The Morgan fingerprint density at radius 1 is 1.00 bits per heavy atom. The second-order valence-corrected chi connectivity index (χ2v) is 8.12. The van der Waals surface area contributed by atoms with Crippen LogP contribution in [0.25, 0.3) is 0 Å². The van der Waals surface area contributed by atoms with Gasteiger partial charge in [0, 0.05) is 49.0 Å². The summed E-state index contributed by atoms with van der Waals surface area (Å²) in [6.45, 7) is 3.56. The monoisotopic (exact) mass is 429 g/mol. The molecule has 0 spiro atoms. The molecule has 0 unspecified atom stereocenters. The van der Waals surface area contributed by atoms with E-state index in [1.54, 1.807) is 18.3 Å². The SMILES string of the molecule is O=C(c1ccc(Oc2ccc(Br)cc2)nc1)N1CCN(C2CCCC2)CC1. The molecule has 2 fully saturated rings. The van der Waals surface area contributed by atoms with Crippen LogP contribution in [0.1, 0.15) is 36.0 Å². The Morgan fingerprint density at radius 3 is 2.33 bits per heavy atom. The maximum atomic E-state index is 12.8. The predicted octanol–water partition coefficient (Wildman–Crippen LogP) is 4.34. The average molecular weight is 430 g/mol. The molecule has 27 heavy (non-hydrogen) atoms. The molecule has 5 nitrogen and oxygen atoms in total. The lowest BCUT2D eigenvalue weighted by atomic mass is 10.1. The lowest BCUT2D eigenvalue weighted by molar-refractivity contribution is 0.0573. The number of benzene rings is 1. The number of halogens is 1. The minimum atomic E-state index is 0.0590. The molecule has 1 saturated heterocycles. The van der Waals surface area contributed by atoms with E-state index in [-0.39, 0.29) is 5.91 Å². The van der Waals surface area contributed by atoms with E-state index < -0.39 is 0 Å². The molecule has 2 aliphatic rings. The van der Waals surface area contributed by atoms with Crippen LogP contribution in [0.15, 0.2) is 47.1 Å². The topological polar surface area (TPSA) is 45.7 Å². The third kappa shape index (κ3) is 4.50. The molecule has 2 aromatic rings. The first kappa shape index (κ1) is 18.4. The minimum absolute atomic E-state index is 0.0590. The highest BCUT2D eigenvalue weighted by atomic mass is 79.9. The molecule has 0 N–H and O–H groups in total. The van der Waals surface area contributed by atoms with E-state index in [0.717, 1.165) is 36.7 Å². The van der Waals surface area contributed by atoms with E-state index in [0.29, 0.717) is 17.2 Å². The summed E-state index contributed by atoms with van der Waals surface area (Å²) in [6.07, 6.45) is 6.95. The number of hydrogen-bond donors (Lipinski definition) is 0. The first-order chi connectivity index (χ1) is 13.2. The molecule has 1 aromatic carbocycles. The van der Waals surface area contributed by atoms with Crippen molar-refractivity contribution in [3.63, 3.8) is 0 Å². The molecule has 1 saturated carbocycles. The summed E-state index contributed by atoms with van der Waals surface area (Å²) in [5, 5.41) is 0. The number of piperazine rings is 1. The van der Waals surface area contributed by atoms with E-state index >= 15 is 0 Å². The number of amides is 1. The van der Waals surface area contributed by atoms with Gasteiger partial charge in [-0.3, -0.25) is 9.69 Å². The van der Waals surface area contributed by atoms with E-state index in [9.17, 15) is 4.79 Å². The lowest BCUT2D eigenvalue weighted by Gasteiger charge is -2.38. The highest BCUT2D eigenvalue weighted by Crippen LogP contribution is 2.25. The van der Waals surface area contributed by atoms with Gasteiger partial charge in [-0.15, -0.1) is 0 Å². The molecule has 2 heterocycles. The second-order valence-electron chi connectivity index (χ2n) is 7.21. The smallest absolute Gasteiger partial charge is 0.255 e. The van der Waals surface area contributed by atoms with Gasteiger partial charge in [0.2, 0.25) is 5.88 Å². The number of rotatable bonds is 4. The zero-order valence-corrected chi connectivity index (χ0v) is 16.9. The molecule has 1 amide bonds. The van der Waals surface area contributed by atoms with Gasteiger partial charge in [-0.25, -0.2) is 4.98 Å². The van der Waals surface area contributed by atoms with Crippen molar-refractivity contribution in [2.24, 2.45) is 0 Å². The third-order valence-electron chi connectivity index (χ3n) is 5.46. The van der Waals surface area contributed by atoms with Crippen LogP contribution in [0.2, 0.25) is 0 Å². The zero-order chi connectivity index (χ0) is 18.6. The van der Waals surface area contributed by atoms with Crippen LogP contribution in [-0.2, 0) is 0 Å². The quantitative estimate of drug-likeness (QED) is 0.724.